The first-order chi connectivity index (χ1) is 9.01. The minimum atomic E-state index is -3.29. The molecule has 2 aromatic rings. The maximum atomic E-state index is 12.1. The highest BCUT2D eigenvalue weighted by Gasteiger charge is 2.14. The van der Waals surface area contributed by atoms with Crippen molar-refractivity contribution >= 4 is 41.7 Å². The molecule has 0 aliphatic rings. The molecular formula is C11H11Br2N3O2S. The Hall–Kier alpha value is -0.730. The smallest absolute Gasteiger partial charge is 0.180 e. The zero-order valence-electron chi connectivity index (χ0n) is 9.83. The lowest BCUT2D eigenvalue weighted by atomic mass is 10.4. The Labute approximate surface area is 128 Å². The third kappa shape index (κ3) is 3.87. The quantitative estimate of drug-likeness (QED) is 0.712. The summed E-state index contributed by atoms with van der Waals surface area (Å²) in [6, 6.07) is 6.60. The summed E-state index contributed by atoms with van der Waals surface area (Å²) < 4.78 is 26.6. The predicted molar refractivity (Wildman–Crippen MR) is 78.8 cm³/mol. The highest BCUT2D eigenvalue weighted by molar-refractivity contribution is 9.10. The third-order valence-corrected chi connectivity index (χ3v) is 5.30. The molecule has 1 heterocycles. The van der Waals surface area contributed by atoms with Gasteiger partial charge in [0.05, 0.1) is 22.9 Å². The van der Waals surface area contributed by atoms with E-state index in [-0.39, 0.29) is 5.75 Å². The molecule has 0 N–H and O–H groups in total. The van der Waals surface area contributed by atoms with Crippen LogP contribution in [-0.2, 0) is 21.7 Å². The molecular weight excluding hydrogens is 398 g/mol. The van der Waals surface area contributed by atoms with Crippen molar-refractivity contribution in [3.05, 3.63) is 40.6 Å². The van der Waals surface area contributed by atoms with E-state index in [0.717, 1.165) is 10.2 Å². The summed E-state index contributed by atoms with van der Waals surface area (Å²) in [5.74, 6) is -0.000280. The molecule has 1 aromatic heterocycles. The van der Waals surface area contributed by atoms with E-state index >= 15 is 0 Å². The Balaban J connectivity index is 2.07. The predicted octanol–water partition coefficient (Wildman–Crippen LogP) is 2.41. The van der Waals surface area contributed by atoms with E-state index < -0.39 is 9.84 Å². The van der Waals surface area contributed by atoms with Crippen LogP contribution < -0.4 is 0 Å². The standard InChI is InChI=1S/C11H11Br2N3O2S/c12-7-10-8-16(15-14-10)5-6-19(17,18)11-3-1-9(13)2-4-11/h1-4,8H,5-7H2. The van der Waals surface area contributed by atoms with Crippen molar-refractivity contribution in [1.82, 2.24) is 15.0 Å². The zero-order chi connectivity index (χ0) is 13.9. The number of nitrogens with zero attached hydrogens (tertiary/aromatic N) is 3. The molecule has 19 heavy (non-hydrogen) atoms. The second-order valence-corrected chi connectivity index (χ2v) is 7.46. The molecule has 0 atom stereocenters. The first-order valence-corrected chi connectivity index (χ1v) is 9.01. The zero-order valence-corrected chi connectivity index (χ0v) is 13.8. The fourth-order valence-corrected chi connectivity index (χ4v) is 3.22. The van der Waals surface area contributed by atoms with Crippen molar-refractivity contribution in [3.63, 3.8) is 0 Å². The van der Waals surface area contributed by atoms with Crippen LogP contribution in [0.5, 0.6) is 0 Å². The van der Waals surface area contributed by atoms with Gasteiger partial charge in [0.1, 0.15) is 0 Å². The number of rotatable bonds is 5. The van der Waals surface area contributed by atoms with Crippen molar-refractivity contribution < 1.29 is 8.42 Å². The van der Waals surface area contributed by atoms with Gasteiger partial charge in [0.2, 0.25) is 0 Å². The van der Waals surface area contributed by atoms with Gasteiger partial charge < -0.3 is 0 Å². The molecule has 0 spiro atoms. The molecule has 0 aliphatic carbocycles. The Bertz CT molecular complexity index is 653. The van der Waals surface area contributed by atoms with Crippen LogP contribution >= 0.6 is 31.9 Å². The summed E-state index contributed by atoms with van der Waals surface area (Å²) in [5, 5.41) is 8.35. The lowest BCUT2D eigenvalue weighted by Gasteiger charge is -2.04. The van der Waals surface area contributed by atoms with Gasteiger partial charge in [-0.1, -0.05) is 37.1 Å². The van der Waals surface area contributed by atoms with Gasteiger partial charge in [0.25, 0.3) is 0 Å². The van der Waals surface area contributed by atoms with E-state index in [4.69, 9.17) is 0 Å². The monoisotopic (exact) mass is 407 g/mol. The van der Waals surface area contributed by atoms with Crippen LogP contribution in [0.2, 0.25) is 0 Å². The van der Waals surface area contributed by atoms with E-state index in [1.54, 1.807) is 30.5 Å². The highest BCUT2D eigenvalue weighted by atomic mass is 79.9. The molecule has 0 unspecified atom stereocenters. The van der Waals surface area contributed by atoms with Crippen LogP contribution in [0.25, 0.3) is 0 Å². The first kappa shape index (κ1) is 14.7. The highest BCUT2D eigenvalue weighted by Crippen LogP contribution is 2.16. The lowest BCUT2D eigenvalue weighted by molar-refractivity contribution is 0.575. The Morgan fingerprint density at radius 2 is 1.89 bits per heavy atom. The van der Waals surface area contributed by atoms with Gasteiger partial charge in [-0.05, 0) is 24.3 Å². The van der Waals surface area contributed by atoms with Crippen molar-refractivity contribution in [2.45, 2.75) is 16.8 Å². The Morgan fingerprint density at radius 3 is 2.47 bits per heavy atom. The van der Waals surface area contributed by atoms with Crippen LogP contribution in [-0.4, -0.2) is 29.2 Å². The SMILES string of the molecule is O=S(=O)(CCn1cc(CBr)nn1)c1ccc(Br)cc1. The fourth-order valence-electron chi connectivity index (χ4n) is 1.48. The van der Waals surface area contributed by atoms with Gasteiger partial charge in [-0.15, -0.1) is 5.10 Å². The van der Waals surface area contributed by atoms with Gasteiger partial charge in [-0.2, -0.15) is 0 Å². The number of aromatic nitrogens is 3. The molecule has 8 heteroatoms. The normalized spacial score (nSPS) is 11.7. The van der Waals surface area contributed by atoms with Gasteiger partial charge in [0.15, 0.2) is 9.84 Å². The maximum Gasteiger partial charge on any atom is 0.180 e. The second kappa shape index (κ2) is 6.15. The van der Waals surface area contributed by atoms with Crippen molar-refractivity contribution in [3.8, 4) is 0 Å². The number of alkyl halides is 1. The topological polar surface area (TPSA) is 64.8 Å². The number of hydrogen-bond donors (Lipinski definition) is 0. The van der Waals surface area contributed by atoms with Gasteiger partial charge in [-0.25, -0.2) is 8.42 Å². The van der Waals surface area contributed by atoms with Gasteiger partial charge in [-0.3, -0.25) is 4.68 Å². The van der Waals surface area contributed by atoms with Crippen LogP contribution in [0.15, 0.2) is 39.8 Å². The molecule has 0 saturated carbocycles. The summed E-state index contributed by atoms with van der Waals surface area (Å²) in [5.41, 5.74) is 0.779. The average Bonchev–Trinajstić information content (AvgIpc) is 2.85. The molecule has 0 amide bonds. The molecule has 0 radical (unpaired) electrons. The van der Waals surface area contributed by atoms with Crippen molar-refractivity contribution in [2.75, 3.05) is 5.75 Å². The summed E-state index contributed by atoms with van der Waals surface area (Å²) in [6.45, 7) is 0.290. The van der Waals surface area contributed by atoms with Crippen molar-refractivity contribution in [2.24, 2.45) is 0 Å². The van der Waals surface area contributed by atoms with Crippen LogP contribution in [0.4, 0.5) is 0 Å². The lowest BCUT2D eigenvalue weighted by Crippen LogP contribution is -2.13. The summed E-state index contributed by atoms with van der Waals surface area (Å²) in [4.78, 5) is 0.316. The van der Waals surface area contributed by atoms with Crippen molar-refractivity contribution in [1.29, 1.82) is 0 Å². The van der Waals surface area contributed by atoms with Crippen LogP contribution in [0, 0.1) is 0 Å². The van der Waals surface area contributed by atoms with E-state index in [1.165, 1.54) is 4.68 Å². The summed E-state index contributed by atoms with van der Waals surface area (Å²) in [7, 11) is -3.29. The van der Waals surface area contributed by atoms with Gasteiger partial charge in [0, 0.05) is 16.0 Å². The van der Waals surface area contributed by atoms with E-state index in [9.17, 15) is 8.42 Å². The number of halogens is 2. The molecule has 0 bridgehead atoms. The molecule has 102 valence electrons. The largest absolute Gasteiger partial charge is 0.251 e. The van der Waals surface area contributed by atoms with Crippen LogP contribution in [0.3, 0.4) is 0 Å². The molecule has 1 aromatic carbocycles. The summed E-state index contributed by atoms with van der Waals surface area (Å²) in [6.07, 6.45) is 1.73. The first-order valence-electron chi connectivity index (χ1n) is 5.44. The van der Waals surface area contributed by atoms with Crippen LogP contribution in [0.1, 0.15) is 5.69 Å². The minimum absolute atomic E-state index is 0.000280. The van der Waals surface area contributed by atoms with E-state index in [1.807, 2.05) is 0 Å². The summed E-state index contributed by atoms with van der Waals surface area (Å²) >= 11 is 6.54. The maximum absolute atomic E-state index is 12.1. The number of aryl methyl sites for hydroxylation is 1. The average molecular weight is 409 g/mol. The molecule has 2 rings (SSSR count). The molecule has 0 saturated heterocycles. The fraction of sp³-hybridized carbons (Fsp3) is 0.273. The third-order valence-electron chi connectivity index (χ3n) is 2.48. The Kier molecular flexibility index (Phi) is 4.75. The molecule has 5 nitrogen and oxygen atoms in total. The number of hydrogen-bond acceptors (Lipinski definition) is 4. The number of benzene rings is 1. The van der Waals surface area contributed by atoms with E-state index in [0.29, 0.717) is 16.8 Å². The minimum Gasteiger partial charge on any atom is -0.251 e. The van der Waals surface area contributed by atoms with Gasteiger partial charge >= 0.3 is 0 Å². The second-order valence-electron chi connectivity index (χ2n) is 3.88. The Morgan fingerprint density at radius 1 is 1.21 bits per heavy atom. The number of sulfone groups is 1. The van der Waals surface area contributed by atoms with E-state index in [2.05, 4.69) is 42.2 Å². The molecule has 0 aliphatic heterocycles. The molecule has 0 fully saturated rings.